The summed E-state index contributed by atoms with van der Waals surface area (Å²) in [6.45, 7) is 5.87. The highest BCUT2D eigenvalue weighted by atomic mass is 16.5. The van der Waals surface area contributed by atoms with Crippen LogP contribution in [0.1, 0.15) is 34.3 Å². The topological polar surface area (TPSA) is 81.4 Å². The minimum atomic E-state index is -0.387. The van der Waals surface area contributed by atoms with Crippen LogP contribution < -0.4 is 5.32 Å². The fourth-order valence-corrected chi connectivity index (χ4v) is 2.75. The van der Waals surface area contributed by atoms with E-state index in [4.69, 9.17) is 9.15 Å². The summed E-state index contributed by atoms with van der Waals surface area (Å²) in [6, 6.07) is 14.4. The first-order valence-electron chi connectivity index (χ1n) is 9.06. The van der Waals surface area contributed by atoms with Gasteiger partial charge in [0, 0.05) is 11.3 Å². The Morgan fingerprint density at radius 3 is 2.54 bits per heavy atom. The molecule has 1 amide bonds. The van der Waals surface area contributed by atoms with Gasteiger partial charge in [0.05, 0.1) is 24.3 Å². The van der Waals surface area contributed by atoms with Gasteiger partial charge in [-0.15, -0.1) is 0 Å². The van der Waals surface area contributed by atoms with Crippen molar-refractivity contribution in [1.82, 2.24) is 4.98 Å². The van der Waals surface area contributed by atoms with E-state index in [2.05, 4.69) is 10.3 Å². The number of nitrogens with one attached hydrogen (secondary N) is 1. The minimum Gasteiger partial charge on any atom is -0.462 e. The van der Waals surface area contributed by atoms with Crippen LogP contribution in [0.15, 0.2) is 52.9 Å². The summed E-state index contributed by atoms with van der Waals surface area (Å²) in [6.07, 6.45) is 0.0980. The van der Waals surface area contributed by atoms with Gasteiger partial charge in [0.15, 0.2) is 0 Å². The summed E-state index contributed by atoms with van der Waals surface area (Å²) in [5.74, 6) is 0.519. The number of ether oxygens (including phenoxy) is 1. The van der Waals surface area contributed by atoms with E-state index in [1.54, 1.807) is 38.1 Å². The standard InChI is InChI=1S/C22H22N2O4/c1-4-27-22(26)16-8-10-18(11-9-16)23-20(25)13-19-15(3)28-21(24-19)17-7-5-6-14(2)12-17/h5-12H,4,13H2,1-3H3,(H,23,25). The first kappa shape index (κ1) is 19.4. The van der Waals surface area contributed by atoms with E-state index in [-0.39, 0.29) is 18.3 Å². The molecule has 1 N–H and O–H groups in total. The van der Waals surface area contributed by atoms with Crippen LogP contribution >= 0.6 is 0 Å². The number of carbonyl (C=O) groups is 2. The summed E-state index contributed by atoms with van der Waals surface area (Å²) >= 11 is 0. The van der Waals surface area contributed by atoms with Crippen LogP contribution in [-0.4, -0.2) is 23.5 Å². The van der Waals surface area contributed by atoms with Gasteiger partial charge in [-0.1, -0.05) is 17.7 Å². The molecule has 2 aromatic carbocycles. The largest absolute Gasteiger partial charge is 0.462 e. The number of nitrogens with zero attached hydrogens (tertiary/aromatic N) is 1. The normalized spacial score (nSPS) is 10.5. The number of carbonyl (C=O) groups excluding carboxylic acids is 2. The van der Waals surface area contributed by atoms with Crippen molar-refractivity contribution in [2.24, 2.45) is 0 Å². The molecular weight excluding hydrogens is 356 g/mol. The summed E-state index contributed by atoms with van der Waals surface area (Å²) < 4.78 is 10.7. The van der Waals surface area contributed by atoms with Gasteiger partial charge in [-0.3, -0.25) is 4.79 Å². The van der Waals surface area contributed by atoms with Gasteiger partial charge in [0.25, 0.3) is 0 Å². The molecule has 1 heterocycles. The number of hydrogen-bond donors (Lipinski definition) is 1. The molecule has 0 fully saturated rings. The molecule has 0 aliphatic heterocycles. The number of aryl methyl sites for hydroxylation is 2. The summed E-state index contributed by atoms with van der Waals surface area (Å²) in [4.78, 5) is 28.5. The lowest BCUT2D eigenvalue weighted by molar-refractivity contribution is -0.115. The average molecular weight is 378 g/mol. The van der Waals surface area contributed by atoms with Gasteiger partial charge in [0.1, 0.15) is 5.76 Å². The van der Waals surface area contributed by atoms with Crippen molar-refractivity contribution in [3.63, 3.8) is 0 Å². The molecule has 0 bridgehead atoms. The number of benzene rings is 2. The van der Waals surface area contributed by atoms with E-state index >= 15 is 0 Å². The third-order valence-electron chi connectivity index (χ3n) is 4.17. The lowest BCUT2D eigenvalue weighted by Crippen LogP contribution is -2.15. The highest BCUT2D eigenvalue weighted by Gasteiger charge is 2.15. The van der Waals surface area contributed by atoms with Crippen molar-refractivity contribution >= 4 is 17.6 Å². The smallest absolute Gasteiger partial charge is 0.338 e. The molecule has 0 aliphatic rings. The third kappa shape index (κ3) is 4.65. The second-order valence-electron chi connectivity index (χ2n) is 6.41. The molecule has 144 valence electrons. The maximum atomic E-state index is 12.4. The maximum absolute atomic E-state index is 12.4. The lowest BCUT2D eigenvalue weighted by atomic mass is 10.1. The predicted molar refractivity (Wildman–Crippen MR) is 106 cm³/mol. The van der Waals surface area contributed by atoms with Gasteiger partial charge in [-0.05, 0) is 57.2 Å². The van der Waals surface area contributed by atoms with E-state index in [0.29, 0.717) is 35.2 Å². The minimum absolute atomic E-state index is 0.0980. The first-order chi connectivity index (χ1) is 13.5. The van der Waals surface area contributed by atoms with E-state index < -0.39 is 0 Å². The van der Waals surface area contributed by atoms with Gasteiger partial charge in [-0.2, -0.15) is 0 Å². The Morgan fingerprint density at radius 2 is 1.86 bits per heavy atom. The molecule has 3 rings (SSSR count). The Bertz CT molecular complexity index is 990. The quantitative estimate of drug-likeness (QED) is 0.646. The van der Waals surface area contributed by atoms with Crippen molar-refractivity contribution in [3.8, 4) is 11.5 Å². The van der Waals surface area contributed by atoms with Crippen LogP contribution in [0.4, 0.5) is 5.69 Å². The SMILES string of the molecule is CCOC(=O)c1ccc(NC(=O)Cc2nc(-c3cccc(C)c3)oc2C)cc1. The Hall–Kier alpha value is -3.41. The van der Waals surface area contributed by atoms with Crippen molar-refractivity contribution in [1.29, 1.82) is 0 Å². The van der Waals surface area contributed by atoms with Crippen LogP contribution in [0.3, 0.4) is 0 Å². The number of amides is 1. The number of anilines is 1. The molecule has 0 spiro atoms. The second-order valence-corrected chi connectivity index (χ2v) is 6.41. The van der Waals surface area contributed by atoms with Crippen LogP contribution in [0.2, 0.25) is 0 Å². The zero-order valence-electron chi connectivity index (χ0n) is 16.1. The van der Waals surface area contributed by atoms with E-state index in [9.17, 15) is 9.59 Å². The van der Waals surface area contributed by atoms with Crippen molar-refractivity contribution in [3.05, 3.63) is 71.1 Å². The summed E-state index contributed by atoms with van der Waals surface area (Å²) in [5.41, 5.74) is 3.62. The van der Waals surface area contributed by atoms with Gasteiger partial charge in [-0.25, -0.2) is 9.78 Å². The number of aromatic nitrogens is 1. The van der Waals surface area contributed by atoms with Gasteiger partial charge < -0.3 is 14.5 Å². The first-order valence-corrected chi connectivity index (χ1v) is 9.06. The molecule has 0 aliphatic carbocycles. The molecule has 1 aromatic heterocycles. The number of rotatable bonds is 6. The lowest BCUT2D eigenvalue weighted by Gasteiger charge is -2.06. The number of hydrogen-bond acceptors (Lipinski definition) is 5. The van der Waals surface area contributed by atoms with Crippen LogP contribution in [-0.2, 0) is 16.0 Å². The van der Waals surface area contributed by atoms with Crippen LogP contribution in [0, 0.1) is 13.8 Å². The summed E-state index contributed by atoms with van der Waals surface area (Å²) in [5, 5.41) is 2.80. The molecule has 28 heavy (non-hydrogen) atoms. The van der Waals surface area contributed by atoms with Crippen molar-refractivity contribution < 1.29 is 18.7 Å². The van der Waals surface area contributed by atoms with E-state index in [1.165, 1.54) is 0 Å². The zero-order valence-corrected chi connectivity index (χ0v) is 16.1. The van der Waals surface area contributed by atoms with Crippen LogP contribution in [0.5, 0.6) is 0 Å². The predicted octanol–water partition coefficient (Wildman–Crippen LogP) is 4.32. The fraction of sp³-hybridized carbons (Fsp3) is 0.227. The highest BCUT2D eigenvalue weighted by Crippen LogP contribution is 2.23. The van der Waals surface area contributed by atoms with Gasteiger partial charge in [0.2, 0.25) is 11.8 Å². The molecule has 0 atom stereocenters. The van der Waals surface area contributed by atoms with E-state index in [1.807, 2.05) is 31.2 Å². The molecule has 0 unspecified atom stereocenters. The Kier molecular flexibility index (Phi) is 5.89. The van der Waals surface area contributed by atoms with Crippen LogP contribution in [0.25, 0.3) is 11.5 Å². The Morgan fingerprint density at radius 1 is 1.11 bits per heavy atom. The molecular formula is C22H22N2O4. The molecule has 3 aromatic rings. The summed E-state index contributed by atoms with van der Waals surface area (Å²) in [7, 11) is 0. The third-order valence-corrected chi connectivity index (χ3v) is 4.17. The number of esters is 1. The van der Waals surface area contributed by atoms with Crippen molar-refractivity contribution in [2.45, 2.75) is 27.2 Å². The van der Waals surface area contributed by atoms with E-state index in [0.717, 1.165) is 11.1 Å². The molecule has 6 nitrogen and oxygen atoms in total. The molecule has 0 saturated carbocycles. The zero-order chi connectivity index (χ0) is 20.1. The monoisotopic (exact) mass is 378 g/mol. The Balaban J connectivity index is 1.66. The van der Waals surface area contributed by atoms with Gasteiger partial charge >= 0.3 is 5.97 Å². The average Bonchev–Trinajstić information content (AvgIpc) is 3.03. The molecule has 0 radical (unpaired) electrons. The maximum Gasteiger partial charge on any atom is 0.338 e. The fourth-order valence-electron chi connectivity index (χ4n) is 2.75. The highest BCUT2D eigenvalue weighted by molar-refractivity contribution is 5.94. The Labute approximate surface area is 163 Å². The second kappa shape index (κ2) is 8.52. The molecule has 6 heteroatoms. The van der Waals surface area contributed by atoms with Crippen molar-refractivity contribution in [2.75, 3.05) is 11.9 Å². The number of oxazole rings is 1. The molecule has 0 saturated heterocycles.